The number of hydrogen-bond acceptors (Lipinski definition) is 2. The molecule has 1 atom stereocenters. The molecule has 0 aliphatic heterocycles. The predicted molar refractivity (Wildman–Crippen MR) is 83.2 cm³/mol. The van der Waals surface area contributed by atoms with E-state index in [0.29, 0.717) is 12.1 Å². The molecule has 1 aromatic carbocycles. The highest BCUT2D eigenvalue weighted by molar-refractivity contribution is 9.10. The third-order valence-corrected chi connectivity index (χ3v) is 5.07. The highest BCUT2D eigenvalue weighted by atomic mass is 79.9. The van der Waals surface area contributed by atoms with Gasteiger partial charge in [-0.05, 0) is 59.6 Å². The molecule has 2 aromatic rings. The Morgan fingerprint density at radius 3 is 2.29 bits per heavy atom. The fourth-order valence-corrected chi connectivity index (χ4v) is 4.07. The first kappa shape index (κ1) is 16.5. The van der Waals surface area contributed by atoms with Crippen molar-refractivity contribution in [3.63, 3.8) is 0 Å². The summed E-state index contributed by atoms with van der Waals surface area (Å²) in [6, 6.07) is 3.68. The van der Waals surface area contributed by atoms with Crippen molar-refractivity contribution in [1.82, 2.24) is 5.32 Å². The van der Waals surface area contributed by atoms with Gasteiger partial charge in [-0.1, -0.05) is 6.92 Å². The number of nitrogens with one attached hydrogen (secondary N) is 1. The molecular weight excluding hydrogens is 363 g/mol. The van der Waals surface area contributed by atoms with E-state index in [4.69, 9.17) is 0 Å². The van der Waals surface area contributed by atoms with Gasteiger partial charge in [0.1, 0.15) is 0 Å². The maximum Gasteiger partial charge on any atom is 0.194 e. The molecule has 1 heterocycles. The molecule has 0 aliphatic carbocycles. The van der Waals surface area contributed by atoms with E-state index >= 15 is 0 Å². The molecule has 0 radical (unpaired) electrons. The first-order valence-electron chi connectivity index (χ1n) is 6.57. The standard InChI is InChI=1S/C15H15BrF3NS/c1-3-4-20-14(15-10(16)5-8(2)21-15)9-6-11(17)13(19)12(18)7-9/h5-7,14,20H,3-4H2,1-2H3. The highest BCUT2D eigenvalue weighted by Gasteiger charge is 2.22. The summed E-state index contributed by atoms with van der Waals surface area (Å²) in [5.74, 6) is -3.77. The SMILES string of the molecule is CCCNC(c1cc(F)c(F)c(F)c1)c1sc(C)cc1Br. The van der Waals surface area contributed by atoms with Crippen molar-refractivity contribution in [3.8, 4) is 0 Å². The first-order valence-corrected chi connectivity index (χ1v) is 8.18. The minimum Gasteiger partial charge on any atom is -0.306 e. The van der Waals surface area contributed by atoms with Crippen LogP contribution in [0, 0.1) is 24.4 Å². The molecule has 1 unspecified atom stereocenters. The molecule has 1 nitrogen and oxygen atoms in total. The number of thiophene rings is 1. The van der Waals surface area contributed by atoms with Gasteiger partial charge in [0.2, 0.25) is 0 Å². The largest absolute Gasteiger partial charge is 0.306 e. The zero-order valence-electron chi connectivity index (χ0n) is 11.6. The number of aryl methyl sites for hydroxylation is 1. The van der Waals surface area contributed by atoms with E-state index in [-0.39, 0.29) is 6.04 Å². The van der Waals surface area contributed by atoms with E-state index in [1.807, 2.05) is 19.9 Å². The Morgan fingerprint density at radius 2 is 1.81 bits per heavy atom. The zero-order chi connectivity index (χ0) is 15.6. The van der Waals surface area contributed by atoms with Crippen LogP contribution in [0.4, 0.5) is 13.2 Å². The van der Waals surface area contributed by atoms with E-state index in [2.05, 4.69) is 21.2 Å². The summed E-state index contributed by atoms with van der Waals surface area (Å²) in [4.78, 5) is 2.01. The molecule has 0 aliphatic rings. The van der Waals surface area contributed by atoms with Crippen LogP contribution in [0.2, 0.25) is 0 Å². The summed E-state index contributed by atoms with van der Waals surface area (Å²) in [6.07, 6.45) is 0.880. The molecule has 0 saturated carbocycles. The minimum atomic E-state index is -1.44. The number of hydrogen-bond donors (Lipinski definition) is 1. The molecule has 0 spiro atoms. The summed E-state index contributed by atoms with van der Waals surface area (Å²) in [5.41, 5.74) is 0.377. The number of rotatable bonds is 5. The molecule has 6 heteroatoms. The van der Waals surface area contributed by atoms with E-state index in [9.17, 15) is 13.2 Å². The van der Waals surface area contributed by atoms with E-state index < -0.39 is 17.5 Å². The monoisotopic (exact) mass is 377 g/mol. The Bertz CT molecular complexity index is 619. The van der Waals surface area contributed by atoms with Gasteiger partial charge < -0.3 is 5.32 Å². The quantitative estimate of drug-likeness (QED) is 0.694. The molecule has 0 saturated heterocycles. The zero-order valence-corrected chi connectivity index (χ0v) is 14.0. The molecule has 1 N–H and O–H groups in total. The van der Waals surface area contributed by atoms with Crippen LogP contribution in [0.1, 0.15) is 34.7 Å². The van der Waals surface area contributed by atoms with Crippen molar-refractivity contribution in [2.75, 3.05) is 6.54 Å². The average Bonchev–Trinajstić information content (AvgIpc) is 2.75. The maximum absolute atomic E-state index is 13.5. The molecule has 1 aromatic heterocycles. The third-order valence-electron chi connectivity index (χ3n) is 3.04. The Hall–Kier alpha value is -0.850. The number of benzene rings is 1. The minimum absolute atomic E-state index is 0.373. The second kappa shape index (κ2) is 6.94. The first-order chi connectivity index (χ1) is 9.93. The predicted octanol–water partition coefficient (Wildman–Crippen LogP) is 5.33. The Kier molecular flexibility index (Phi) is 5.46. The van der Waals surface area contributed by atoms with Crippen LogP contribution < -0.4 is 5.32 Å². The molecular formula is C15H15BrF3NS. The van der Waals surface area contributed by atoms with Gasteiger partial charge in [0, 0.05) is 14.2 Å². The Morgan fingerprint density at radius 1 is 1.19 bits per heavy atom. The van der Waals surface area contributed by atoms with Crippen molar-refractivity contribution >= 4 is 27.3 Å². The van der Waals surface area contributed by atoms with Crippen molar-refractivity contribution in [2.24, 2.45) is 0 Å². The van der Waals surface area contributed by atoms with Crippen LogP contribution >= 0.6 is 27.3 Å². The Balaban J connectivity index is 2.47. The smallest absolute Gasteiger partial charge is 0.194 e. The van der Waals surface area contributed by atoms with Crippen molar-refractivity contribution in [1.29, 1.82) is 0 Å². The lowest BCUT2D eigenvalue weighted by atomic mass is 10.0. The molecule has 0 amide bonds. The summed E-state index contributed by atoms with van der Waals surface area (Å²) in [7, 11) is 0. The molecule has 0 fully saturated rings. The van der Waals surface area contributed by atoms with Crippen molar-refractivity contribution in [2.45, 2.75) is 26.3 Å². The van der Waals surface area contributed by atoms with Crippen LogP contribution in [0.5, 0.6) is 0 Å². The molecule has 114 valence electrons. The highest BCUT2D eigenvalue weighted by Crippen LogP contribution is 2.36. The van der Waals surface area contributed by atoms with Gasteiger partial charge in [0.25, 0.3) is 0 Å². The lowest BCUT2D eigenvalue weighted by Gasteiger charge is -2.19. The van der Waals surface area contributed by atoms with Gasteiger partial charge >= 0.3 is 0 Å². The normalized spacial score (nSPS) is 12.7. The average molecular weight is 378 g/mol. The second-order valence-electron chi connectivity index (χ2n) is 4.75. The van der Waals surface area contributed by atoms with E-state index in [1.165, 1.54) is 11.3 Å². The van der Waals surface area contributed by atoms with Crippen LogP contribution in [-0.2, 0) is 0 Å². The lowest BCUT2D eigenvalue weighted by Crippen LogP contribution is -2.23. The summed E-state index contributed by atoms with van der Waals surface area (Å²) in [6.45, 7) is 4.65. The fraction of sp³-hybridized carbons (Fsp3) is 0.333. The molecule has 2 rings (SSSR count). The van der Waals surface area contributed by atoms with Crippen LogP contribution in [-0.4, -0.2) is 6.54 Å². The van der Waals surface area contributed by atoms with Crippen molar-refractivity contribution < 1.29 is 13.2 Å². The second-order valence-corrected chi connectivity index (χ2v) is 6.90. The summed E-state index contributed by atoms with van der Waals surface area (Å²) >= 11 is 5.00. The molecule has 0 bridgehead atoms. The van der Waals surface area contributed by atoms with Gasteiger partial charge in [0.15, 0.2) is 17.5 Å². The van der Waals surface area contributed by atoms with Gasteiger partial charge in [-0.25, -0.2) is 13.2 Å². The van der Waals surface area contributed by atoms with Gasteiger partial charge in [-0.2, -0.15) is 0 Å². The lowest BCUT2D eigenvalue weighted by molar-refractivity contribution is 0.442. The van der Waals surface area contributed by atoms with Gasteiger partial charge in [-0.15, -0.1) is 11.3 Å². The third kappa shape index (κ3) is 3.67. The van der Waals surface area contributed by atoms with Crippen LogP contribution in [0.3, 0.4) is 0 Å². The Labute approximate surface area is 134 Å². The fourth-order valence-electron chi connectivity index (χ4n) is 2.09. The van der Waals surface area contributed by atoms with Gasteiger partial charge in [0.05, 0.1) is 6.04 Å². The van der Waals surface area contributed by atoms with E-state index in [0.717, 1.165) is 32.8 Å². The van der Waals surface area contributed by atoms with Crippen LogP contribution in [0.25, 0.3) is 0 Å². The van der Waals surface area contributed by atoms with Gasteiger partial charge in [-0.3, -0.25) is 0 Å². The van der Waals surface area contributed by atoms with Crippen molar-refractivity contribution in [3.05, 3.63) is 55.4 Å². The number of halogens is 4. The molecule has 21 heavy (non-hydrogen) atoms. The van der Waals surface area contributed by atoms with Crippen LogP contribution in [0.15, 0.2) is 22.7 Å². The maximum atomic E-state index is 13.5. The summed E-state index contributed by atoms with van der Waals surface area (Å²) in [5, 5.41) is 3.25. The summed E-state index contributed by atoms with van der Waals surface area (Å²) < 4.78 is 41.0. The van der Waals surface area contributed by atoms with E-state index in [1.54, 1.807) is 0 Å². The topological polar surface area (TPSA) is 12.0 Å².